The molecule has 2 rings (SSSR count). The van der Waals surface area contributed by atoms with Gasteiger partial charge >= 0.3 is 5.95 Å². The minimum atomic E-state index is 0.211. The molecule has 0 radical (unpaired) electrons. The molecule has 0 atom stereocenters. The first-order chi connectivity index (χ1) is 5.88. The zero-order valence-corrected chi connectivity index (χ0v) is 6.74. The third-order valence-corrected chi connectivity index (χ3v) is 1.70. The summed E-state index contributed by atoms with van der Waals surface area (Å²) < 4.78 is 15.0. The Labute approximate surface area is 69.6 Å². The van der Waals surface area contributed by atoms with E-state index < -0.39 is 0 Å². The maximum atomic E-state index is 5.36. The van der Waals surface area contributed by atoms with E-state index in [1.165, 1.54) is 7.11 Å². The van der Waals surface area contributed by atoms with Crippen LogP contribution in [0.1, 0.15) is 0 Å². The molecule has 0 unspecified atom stereocenters. The maximum Gasteiger partial charge on any atom is 0.315 e. The highest BCUT2D eigenvalue weighted by atomic mass is 16.6. The van der Waals surface area contributed by atoms with Crippen LogP contribution in [0.25, 0.3) is 0 Å². The number of ether oxygens (including phenoxy) is 2. The fraction of sp³-hybridized carbons (Fsp3) is 0.571. The number of methoxy groups -OCH3 is 1. The van der Waals surface area contributed by atoms with E-state index in [1.807, 2.05) is 0 Å². The largest absolute Gasteiger partial charge is 0.479 e. The second-order valence-corrected chi connectivity index (χ2v) is 2.59. The maximum absolute atomic E-state index is 5.36. The van der Waals surface area contributed by atoms with Gasteiger partial charge in [-0.25, -0.2) is 0 Å². The minimum absolute atomic E-state index is 0.211. The van der Waals surface area contributed by atoms with Gasteiger partial charge in [-0.2, -0.15) is 0 Å². The first-order valence-electron chi connectivity index (χ1n) is 3.76. The lowest BCUT2D eigenvalue weighted by Crippen LogP contribution is -2.50. The molecule has 66 valence electrons. The van der Waals surface area contributed by atoms with E-state index >= 15 is 0 Å². The summed E-state index contributed by atoms with van der Waals surface area (Å²) in [5.74, 6) is 0.857. The lowest BCUT2D eigenvalue weighted by Gasteiger charge is -2.25. The van der Waals surface area contributed by atoms with E-state index in [2.05, 4.69) is 10.5 Å². The minimum Gasteiger partial charge on any atom is -0.479 e. The molecule has 1 N–H and O–H groups in total. The molecule has 1 aliphatic rings. The van der Waals surface area contributed by atoms with Crippen LogP contribution in [0, 0.1) is 0 Å². The van der Waals surface area contributed by atoms with E-state index in [1.54, 1.807) is 6.07 Å². The summed E-state index contributed by atoms with van der Waals surface area (Å²) in [5, 5.41) is 6.69. The third kappa shape index (κ3) is 1.35. The molecule has 0 amide bonds. The molecule has 1 aromatic rings. The highest BCUT2D eigenvalue weighted by Crippen LogP contribution is 2.19. The summed E-state index contributed by atoms with van der Waals surface area (Å²) >= 11 is 0. The molecule has 0 saturated carbocycles. The molecule has 5 heteroatoms. The Bertz CT molecular complexity index is 257. The van der Waals surface area contributed by atoms with Gasteiger partial charge in [0.05, 0.1) is 13.2 Å². The van der Waals surface area contributed by atoms with E-state index in [0.717, 1.165) is 13.1 Å². The first kappa shape index (κ1) is 7.42. The fourth-order valence-electron chi connectivity index (χ4n) is 0.905. The smallest absolute Gasteiger partial charge is 0.315 e. The Kier molecular flexibility index (Phi) is 1.87. The molecule has 1 saturated heterocycles. The Hall–Kier alpha value is -1.23. The Balaban J connectivity index is 1.93. The fourth-order valence-corrected chi connectivity index (χ4v) is 0.905. The molecule has 1 aliphatic heterocycles. The molecule has 5 nitrogen and oxygen atoms in total. The van der Waals surface area contributed by atoms with Crippen molar-refractivity contribution in [1.82, 2.24) is 10.5 Å². The van der Waals surface area contributed by atoms with Crippen LogP contribution in [0.15, 0.2) is 10.6 Å². The van der Waals surface area contributed by atoms with Crippen molar-refractivity contribution in [1.29, 1.82) is 0 Å². The summed E-state index contributed by atoms with van der Waals surface area (Å²) in [6, 6.07) is 1.62. The van der Waals surface area contributed by atoms with Crippen molar-refractivity contribution in [2.24, 2.45) is 0 Å². The van der Waals surface area contributed by atoms with Gasteiger partial charge < -0.3 is 19.3 Å². The quantitative estimate of drug-likeness (QED) is 0.693. The Morgan fingerprint density at radius 2 is 2.50 bits per heavy atom. The first-order valence-corrected chi connectivity index (χ1v) is 3.76. The van der Waals surface area contributed by atoms with Gasteiger partial charge in [-0.1, -0.05) is 0 Å². The summed E-state index contributed by atoms with van der Waals surface area (Å²) in [4.78, 5) is 0. The van der Waals surface area contributed by atoms with Gasteiger partial charge in [0.1, 0.15) is 6.10 Å². The van der Waals surface area contributed by atoms with Crippen molar-refractivity contribution in [3.05, 3.63) is 6.07 Å². The molecular weight excluding hydrogens is 160 g/mol. The highest BCUT2D eigenvalue weighted by molar-refractivity contribution is 5.15. The van der Waals surface area contributed by atoms with E-state index in [4.69, 9.17) is 14.0 Å². The van der Waals surface area contributed by atoms with E-state index in [9.17, 15) is 0 Å². The number of hydrogen-bond acceptors (Lipinski definition) is 5. The predicted octanol–water partition coefficient (Wildman–Crippen LogP) is 0.0338. The SMILES string of the molecule is COc1cc(OC2CNC2)on1. The van der Waals surface area contributed by atoms with Crippen LogP contribution in [-0.4, -0.2) is 31.5 Å². The molecule has 2 heterocycles. The lowest BCUT2D eigenvalue weighted by molar-refractivity contribution is 0.0987. The second kappa shape index (κ2) is 3.02. The summed E-state index contributed by atoms with van der Waals surface area (Å²) in [5.41, 5.74) is 0. The van der Waals surface area contributed by atoms with Crippen molar-refractivity contribution < 1.29 is 14.0 Å². The van der Waals surface area contributed by atoms with Crippen molar-refractivity contribution in [2.45, 2.75) is 6.10 Å². The standard InChI is InChI=1S/C7H10N2O3/c1-10-6-2-7(12-9-6)11-5-3-8-4-5/h2,5,8H,3-4H2,1H3. The molecule has 0 spiro atoms. The zero-order valence-electron chi connectivity index (χ0n) is 6.74. The number of hydrogen-bond donors (Lipinski definition) is 1. The third-order valence-electron chi connectivity index (χ3n) is 1.70. The van der Waals surface area contributed by atoms with Crippen LogP contribution < -0.4 is 14.8 Å². The van der Waals surface area contributed by atoms with Gasteiger partial charge in [0.15, 0.2) is 0 Å². The molecule has 1 fully saturated rings. The highest BCUT2D eigenvalue weighted by Gasteiger charge is 2.20. The van der Waals surface area contributed by atoms with Gasteiger partial charge in [-0.3, -0.25) is 0 Å². The molecule has 0 bridgehead atoms. The van der Waals surface area contributed by atoms with Gasteiger partial charge in [0.2, 0.25) is 0 Å². The molecule has 12 heavy (non-hydrogen) atoms. The summed E-state index contributed by atoms with van der Waals surface area (Å²) in [6.45, 7) is 1.73. The molecule has 0 aromatic carbocycles. The van der Waals surface area contributed by atoms with Gasteiger partial charge in [0.25, 0.3) is 5.88 Å². The van der Waals surface area contributed by atoms with Crippen LogP contribution in [0.3, 0.4) is 0 Å². The van der Waals surface area contributed by atoms with Gasteiger partial charge in [-0.05, 0) is 5.16 Å². The molecule has 1 aromatic heterocycles. The predicted molar refractivity (Wildman–Crippen MR) is 40.3 cm³/mol. The summed E-state index contributed by atoms with van der Waals surface area (Å²) in [7, 11) is 1.53. The number of nitrogens with one attached hydrogen (secondary N) is 1. The lowest BCUT2D eigenvalue weighted by atomic mass is 10.2. The number of aromatic nitrogens is 1. The van der Waals surface area contributed by atoms with Crippen LogP contribution in [0.4, 0.5) is 0 Å². The average molecular weight is 170 g/mol. The number of nitrogens with zero attached hydrogens (tertiary/aromatic N) is 1. The van der Waals surface area contributed by atoms with Gasteiger partial charge in [0, 0.05) is 13.1 Å². The topological polar surface area (TPSA) is 56.5 Å². The van der Waals surface area contributed by atoms with Crippen molar-refractivity contribution >= 4 is 0 Å². The van der Waals surface area contributed by atoms with Gasteiger partial charge in [-0.15, -0.1) is 0 Å². The van der Waals surface area contributed by atoms with Crippen LogP contribution in [0.5, 0.6) is 11.8 Å². The Morgan fingerprint density at radius 1 is 1.67 bits per heavy atom. The van der Waals surface area contributed by atoms with E-state index in [-0.39, 0.29) is 6.10 Å². The monoisotopic (exact) mass is 170 g/mol. The van der Waals surface area contributed by atoms with Crippen LogP contribution >= 0.6 is 0 Å². The number of rotatable bonds is 3. The normalized spacial score (nSPS) is 17.1. The summed E-state index contributed by atoms with van der Waals surface area (Å²) in [6.07, 6.45) is 0.211. The van der Waals surface area contributed by atoms with Crippen molar-refractivity contribution in [3.8, 4) is 11.8 Å². The van der Waals surface area contributed by atoms with Crippen LogP contribution in [0.2, 0.25) is 0 Å². The second-order valence-electron chi connectivity index (χ2n) is 2.59. The van der Waals surface area contributed by atoms with Crippen LogP contribution in [-0.2, 0) is 0 Å². The Morgan fingerprint density at radius 3 is 3.00 bits per heavy atom. The molecular formula is C7H10N2O3. The average Bonchev–Trinajstić information content (AvgIpc) is 2.44. The van der Waals surface area contributed by atoms with Crippen molar-refractivity contribution in [2.75, 3.05) is 20.2 Å². The molecule has 0 aliphatic carbocycles. The zero-order chi connectivity index (χ0) is 8.39. The van der Waals surface area contributed by atoms with E-state index in [0.29, 0.717) is 11.8 Å². The van der Waals surface area contributed by atoms with Crippen molar-refractivity contribution in [3.63, 3.8) is 0 Å².